The van der Waals surface area contributed by atoms with Gasteiger partial charge in [0.2, 0.25) is 0 Å². The predicted molar refractivity (Wildman–Crippen MR) is 117 cm³/mol. The number of rotatable bonds is 5. The smallest absolute Gasteiger partial charge is 0.191 e. The lowest BCUT2D eigenvalue weighted by Crippen LogP contribution is -2.37. The van der Waals surface area contributed by atoms with Gasteiger partial charge in [-0.15, -0.1) is 24.0 Å². The average Bonchev–Trinajstić information content (AvgIpc) is 3.05. The number of benzene rings is 2. The normalized spacial score (nSPS) is 12.8. The number of nitrogens with zero attached hydrogens (tertiary/aromatic N) is 1. The largest absolute Gasteiger partial charge is 0.493 e. The lowest BCUT2D eigenvalue weighted by atomic mass is 10.1. The zero-order valence-corrected chi connectivity index (χ0v) is 18.1. The van der Waals surface area contributed by atoms with Gasteiger partial charge in [0.1, 0.15) is 5.75 Å². The lowest BCUT2D eigenvalue weighted by molar-refractivity contribution is 0.357. The van der Waals surface area contributed by atoms with Crippen molar-refractivity contribution < 1.29 is 4.74 Å². The molecule has 4 nitrogen and oxygen atoms in total. The van der Waals surface area contributed by atoms with Gasteiger partial charge in [0.15, 0.2) is 5.96 Å². The van der Waals surface area contributed by atoms with Crippen molar-refractivity contribution in [3.05, 3.63) is 63.6 Å². The number of guanidine groups is 1. The van der Waals surface area contributed by atoms with Gasteiger partial charge in [-0.1, -0.05) is 40.2 Å². The quantitative estimate of drug-likeness (QED) is 0.360. The second-order valence-corrected chi connectivity index (χ2v) is 6.69. The molecule has 1 heterocycles. The molecule has 0 saturated heterocycles. The Morgan fingerprint density at radius 1 is 1.16 bits per heavy atom. The second kappa shape index (κ2) is 10.0. The van der Waals surface area contributed by atoms with Crippen molar-refractivity contribution in [2.24, 2.45) is 4.99 Å². The Hall–Kier alpha value is -1.28. The molecular weight excluding hydrogens is 493 g/mol. The highest BCUT2D eigenvalue weighted by Gasteiger charge is 2.11. The number of nitrogens with one attached hydrogen (secondary N) is 2. The van der Waals surface area contributed by atoms with E-state index in [-0.39, 0.29) is 24.0 Å². The molecule has 0 bridgehead atoms. The Labute approximate surface area is 174 Å². The molecule has 1 aliphatic heterocycles. The van der Waals surface area contributed by atoms with Crippen molar-refractivity contribution in [1.82, 2.24) is 10.6 Å². The van der Waals surface area contributed by atoms with Gasteiger partial charge in [-0.25, -0.2) is 0 Å². The second-order valence-electron chi connectivity index (χ2n) is 5.77. The van der Waals surface area contributed by atoms with Gasteiger partial charge in [-0.2, -0.15) is 0 Å². The summed E-state index contributed by atoms with van der Waals surface area (Å²) in [6, 6.07) is 14.7. The maximum absolute atomic E-state index is 5.55. The molecule has 1 aliphatic rings. The Morgan fingerprint density at radius 2 is 2.04 bits per heavy atom. The third kappa shape index (κ3) is 5.88. The Balaban J connectivity index is 0.00000225. The van der Waals surface area contributed by atoms with Crippen LogP contribution in [0.25, 0.3) is 0 Å². The third-order valence-corrected chi connectivity index (χ3v) is 4.53. The molecule has 0 atom stereocenters. The van der Waals surface area contributed by atoms with Gasteiger partial charge in [0.25, 0.3) is 0 Å². The molecule has 6 heteroatoms. The maximum atomic E-state index is 5.55. The van der Waals surface area contributed by atoms with E-state index in [9.17, 15) is 0 Å². The zero-order chi connectivity index (χ0) is 16.8. The highest BCUT2D eigenvalue weighted by Crippen LogP contribution is 2.25. The van der Waals surface area contributed by atoms with E-state index >= 15 is 0 Å². The first kappa shape index (κ1) is 20.0. The molecule has 0 radical (unpaired) electrons. The fourth-order valence-electron chi connectivity index (χ4n) is 2.77. The summed E-state index contributed by atoms with van der Waals surface area (Å²) in [7, 11) is 1.79. The molecule has 0 aromatic heterocycles. The van der Waals surface area contributed by atoms with Crippen molar-refractivity contribution in [2.45, 2.75) is 19.4 Å². The third-order valence-electron chi connectivity index (χ3n) is 4.03. The first-order valence-electron chi connectivity index (χ1n) is 8.18. The number of halogens is 2. The van der Waals surface area contributed by atoms with Crippen LogP contribution in [0.4, 0.5) is 0 Å². The van der Waals surface area contributed by atoms with Crippen molar-refractivity contribution >= 4 is 45.9 Å². The summed E-state index contributed by atoms with van der Waals surface area (Å²) in [5.74, 6) is 1.86. The molecule has 0 aliphatic carbocycles. The van der Waals surface area contributed by atoms with E-state index in [1.165, 1.54) is 16.7 Å². The molecule has 0 fully saturated rings. The van der Waals surface area contributed by atoms with Gasteiger partial charge in [-0.3, -0.25) is 4.99 Å². The summed E-state index contributed by atoms with van der Waals surface area (Å²) in [6.07, 6.45) is 1.98. The topological polar surface area (TPSA) is 45.7 Å². The van der Waals surface area contributed by atoms with E-state index in [1.807, 2.05) is 12.1 Å². The molecule has 0 spiro atoms. The lowest BCUT2D eigenvalue weighted by Gasteiger charge is -2.12. The number of aliphatic imine (C=N–C) groups is 1. The van der Waals surface area contributed by atoms with Crippen LogP contribution in [-0.2, 0) is 19.4 Å². The molecular formula is C19H23BrIN3O. The Kier molecular flexibility index (Phi) is 8.02. The van der Waals surface area contributed by atoms with Crippen molar-refractivity contribution in [1.29, 1.82) is 0 Å². The summed E-state index contributed by atoms with van der Waals surface area (Å²) >= 11 is 3.49. The predicted octanol–water partition coefficient (Wildman–Crippen LogP) is 3.91. The Bertz CT molecular complexity index is 736. The molecule has 134 valence electrons. The van der Waals surface area contributed by atoms with Crippen molar-refractivity contribution in [2.75, 3.05) is 20.2 Å². The summed E-state index contributed by atoms with van der Waals surface area (Å²) in [4.78, 5) is 4.28. The number of hydrogen-bond donors (Lipinski definition) is 2. The van der Waals surface area contributed by atoms with E-state index in [0.717, 1.165) is 48.7 Å². The monoisotopic (exact) mass is 515 g/mol. The van der Waals surface area contributed by atoms with Crippen molar-refractivity contribution in [3.8, 4) is 5.75 Å². The SMILES string of the molecule is CN=C(NCCc1ccc2c(c1)CCO2)NCc1cccc(Br)c1.I. The zero-order valence-electron chi connectivity index (χ0n) is 14.2. The molecule has 25 heavy (non-hydrogen) atoms. The minimum atomic E-state index is 0. The van der Waals surface area contributed by atoms with Crippen LogP contribution in [0.3, 0.4) is 0 Å². The van der Waals surface area contributed by atoms with Gasteiger partial charge < -0.3 is 15.4 Å². The van der Waals surface area contributed by atoms with Gasteiger partial charge in [0.05, 0.1) is 6.61 Å². The molecule has 0 unspecified atom stereocenters. The molecule has 2 aromatic rings. The number of fused-ring (bicyclic) bond motifs is 1. The van der Waals surface area contributed by atoms with Crippen LogP contribution in [0.1, 0.15) is 16.7 Å². The molecule has 2 aromatic carbocycles. The summed E-state index contributed by atoms with van der Waals surface area (Å²) < 4.78 is 6.64. The minimum absolute atomic E-state index is 0. The molecule has 0 saturated carbocycles. The van der Waals surface area contributed by atoms with E-state index in [1.54, 1.807) is 7.05 Å². The fourth-order valence-corrected chi connectivity index (χ4v) is 3.22. The minimum Gasteiger partial charge on any atom is -0.493 e. The van der Waals surface area contributed by atoms with E-state index in [0.29, 0.717) is 0 Å². The van der Waals surface area contributed by atoms with Crippen LogP contribution in [0, 0.1) is 0 Å². The highest BCUT2D eigenvalue weighted by molar-refractivity contribution is 14.0. The van der Waals surface area contributed by atoms with Gasteiger partial charge in [0, 0.05) is 31.0 Å². The van der Waals surface area contributed by atoms with Gasteiger partial charge >= 0.3 is 0 Å². The highest BCUT2D eigenvalue weighted by atomic mass is 127. The summed E-state index contributed by atoms with van der Waals surface area (Å²) in [5.41, 5.74) is 3.87. The van der Waals surface area contributed by atoms with E-state index < -0.39 is 0 Å². The van der Waals surface area contributed by atoms with Crippen molar-refractivity contribution in [3.63, 3.8) is 0 Å². The summed E-state index contributed by atoms with van der Waals surface area (Å²) in [5, 5.41) is 6.71. The molecule has 2 N–H and O–H groups in total. The van der Waals surface area contributed by atoms with Crippen LogP contribution in [0.15, 0.2) is 51.9 Å². The molecule has 0 amide bonds. The van der Waals surface area contributed by atoms with Crippen LogP contribution >= 0.6 is 39.9 Å². The maximum Gasteiger partial charge on any atom is 0.191 e. The van der Waals surface area contributed by atoms with E-state index in [2.05, 4.69) is 61.9 Å². The Morgan fingerprint density at radius 3 is 2.84 bits per heavy atom. The van der Waals surface area contributed by atoms with Crippen LogP contribution in [-0.4, -0.2) is 26.2 Å². The summed E-state index contributed by atoms with van der Waals surface area (Å²) in [6.45, 7) is 2.40. The van der Waals surface area contributed by atoms with Gasteiger partial charge in [-0.05, 0) is 41.3 Å². The fraction of sp³-hybridized carbons (Fsp3) is 0.316. The van der Waals surface area contributed by atoms with Crippen LogP contribution in [0.5, 0.6) is 5.75 Å². The van der Waals surface area contributed by atoms with Crippen LogP contribution < -0.4 is 15.4 Å². The van der Waals surface area contributed by atoms with E-state index in [4.69, 9.17) is 4.74 Å². The number of hydrogen-bond acceptors (Lipinski definition) is 2. The molecule has 3 rings (SSSR count). The standard InChI is InChI=1S/C19H22BrN3O.HI/c1-21-19(23-13-15-3-2-4-17(20)12-15)22-9-7-14-5-6-18-16(11-14)8-10-24-18;/h2-6,11-12H,7-10,13H2,1H3,(H2,21,22,23);1H. The number of ether oxygens (including phenoxy) is 1. The first-order valence-corrected chi connectivity index (χ1v) is 8.97. The average molecular weight is 516 g/mol. The first-order chi connectivity index (χ1) is 11.7. The van der Waals surface area contributed by atoms with Crippen LogP contribution in [0.2, 0.25) is 0 Å².